The smallest absolute Gasteiger partial charge is 0.270 e. The van der Waals surface area contributed by atoms with Crippen molar-refractivity contribution in [2.45, 2.75) is 6.54 Å². The lowest BCUT2D eigenvalue weighted by atomic mass is 10.2. The highest BCUT2D eigenvalue weighted by molar-refractivity contribution is 7.09. The lowest BCUT2D eigenvalue weighted by molar-refractivity contribution is -0.384. The molecule has 3 aromatic rings. The van der Waals surface area contributed by atoms with Crippen molar-refractivity contribution in [2.24, 2.45) is 0 Å². The number of hydrogen-bond acceptors (Lipinski definition) is 6. The van der Waals surface area contributed by atoms with Crippen LogP contribution in [0.15, 0.2) is 29.8 Å². The SMILES string of the molecule is O=[N+]([O-])c1ccc2[nH]nc(NCc3nccs3)c2c1. The summed E-state index contributed by atoms with van der Waals surface area (Å²) in [6.45, 7) is 0.542. The van der Waals surface area contributed by atoms with Gasteiger partial charge in [-0.2, -0.15) is 5.10 Å². The largest absolute Gasteiger partial charge is 0.362 e. The van der Waals surface area contributed by atoms with Gasteiger partial charge in [-0.15, -0.1) is 11.3 Å². The number of fused-ring (bicyclic) bond motifs is 1. The van der Waals surface area contributed by atoms with Crippen LogP contribution in [-0.4, -0.2) is 20.1 Å². The fraction of sp³-hybridized carbons (Fsp3) is 0.0909. The number of hydrogen-bond donors (Lipinski definition) is 2. The van der Waals surface area contributed by atoms with Crippen LogP contribution in [0.25, 0.3) is 10.9 Å². The zero-order valence-corrected chi connectivity index (χ0v) is 10.5. The minimum atomic E-state index is -0.420. The quantitative estimate of drug-likeness (QED) is 0.563. The van der Waals surface area contributed by atoms with E-state index in [9.17, 15) is 10.1 Å². The highest BCUT2D eigenvalue weighted by Gasteiger charge is 2.11. The summed E-state index contributed by atoms with van der Waals surface area (Å²) in [6.07, 6.45) is 1.73. The standard InChI is InChI=1S/C11H9N5O2S/c17-16(18)7-1-2-9-8(5-7)11(15-14-9)13-6-10-12-3-4-19-10/h1-5H,6H2,(H2,13,14,15). The van der Waals surface area contributed by atoms with E-state index in [0.29, 0.717) is 17.7 Å². The molecule has 0 bridgehead atoms. The molecular formula is C11H9N5O2S. The summed E-state index contributed by atoms with van der Waals surface area (Å²) in [5.41, 5.74) is 0.804. The summed E-state index contributed by atoms with van der Waals surface area (Å²) in [5.74, 6) is 0.592. The Morgan fingerprint density at radius 1 is 1.47 bits per heavy atom. The number of thiazole rings is 1. The van der Waals surface area contributed by atoms with Crippen LogP contribution >= 0.6 is 11.3 Å². The third kappa shape index (κ3) is 2.25. The van der Waals surface area contributed by atoms with Crippen molar-refractivity contribution < 1.29 is 4.92 Å². The number of aromatic nitrogens is 3. The number of non-ortho nitro benzene ring substituents is 1. The van der Waals surface area contributed by atoms with Crippen molar-refractivity contribution >= 4 is 33.7 Å². The molecule has 0 saturated heterocycles. The van der Waals surface area contributed by atoms with Gasteiger partial charge < -0.3 is 5.32 Å². The molecule has 96 valence electrons. The predicted octanol–water partition coefficient (Wildman–Crippen LogP) is 2.54. The van der Waals surface area contributed by atoms with Gasteiger partial charge >= 0.3 is 0 Å². The first-order chi connectivity index (χ1) is 9.24. The normalized spacial score (nSPS) is 10.7. The summed E-state index contributed by atoms with van der Waals surface area (Å²) in [4.78, 5) is 14.5. The van der Waals surface area contributed by atoms with Gasteiger partial charge in [0.1, 0.15) is 5.01 Å². The predicted molar refractivity (Wildman–Crippen MR) is 72.2 cm³/mol. The fourth-order valence-electron chi connectivity index (χ4n) is 1.75. The van der Waals surface area contributed by atoms with Gasteiger partial charge in [0.05, 0.1) is 22.4 Å². The molecule has 0 spiro atoms. The van der Waals surface area contributed by atoms with Gasteiger partial charge in [-0.05, 0) is 6.07 Å². The first kappa shape index (κ1) is 11.6. The Morgan fingerprint density at radius 2 is 2.37 bits per heavy atom. The Bertz CT molecular complexity index is 722. The van der Waals surface area contributed by atoms with Crippen LogP contribution in [0, 0.1) is 10.1 Å². The maximum Gasteiger partial charge on any atom is 0.270 e. The first-order valence-electron chi connectivity index (χ1n) is 5.49. The number of nitrogens with one attached hydrogen (secondary N) is 2. The van der Waals surface area contributed by atoms with E-state index < -0.39 is 4.92 Å². The summed E-state index contributed by atoms with van der Waals surface area (Å²) >= 11 is 1.54. The minimum absolute atomic E-state index is 0.0474. The van der Waals surface area contributed by atoms with Gasteiger partial charge in [0, 0.05) is 23.7 Å². The first-order valence-corrected chi connectivity index (χ1v) is 6.37. The molecule has 0 fully saturated rings. The number of nitrogens with zero attached hydrogens (tertiary/aromatic N) is 3. The summed E-state index contributed by atoms with van der Waals surface area (Å²) in [7, 11) is 0. The maximum absolute atomic E-state index is 10.8. The number of aromatic amines is 1. The van der Waals surface area contributed by atoms with E-state index in [1.54, 1.807) is 12.3 Å². The Labute approximate surface area is 111 Å². The Hall–Kier alpha value is -2.48. The molecule has 0 atom stereocenters. The van der Waals surface area contributed by atoms with Crippen LogP contribution in [0.2, 0.25) is 0 Å². The minimum Gasteiger partial charge on any atom is -0.362 e. The second-order valence-electron chi connectivity index (χ2n) is 3.84. The maximum atomic E-state index is 10.8. The molecule has 0 aliphatic carbocycles. The number of H-pyrrole nitrogens is 1. The molecule has 0 amide bonds. The van der Waals surface area contributed by atoms with Gasteiger partial charge in [-0.3, -0.25) is 15.2 Å². The van der Waals surface area contributed by atoms with Crippen LogP contribution in [-0.2, 0) is 6.54 Å². The van der Waals surface area contributed by atoms with Crippen LogP contribution < -0.4 is 5.32 Å². The highest BCUT2D eigenvalue weighted by Crippen LogP contribution is 2.25. The molecule has 2 aromatic heterocycles. The molecular weight excluding hydrogens is 266 g/mol. The van der Waals surface area contributed by atoms with Gasteiger partial charge in [0.25, 0.3) is 5.69 Å². The molecule has 2 heterocycles. The Kier molecular flexibility index (Phi) is 2.84. The van der Waals surface area contributed by atoms with Crippen molar-refractivity contribution in [3.8, 4) is 0 Å². The van der Waals surface area contributed by atoms with E-state index in [-0.39, 0.29) is 5.69 Å². The van der Waals surface area contributed by atoms with Crippen molar-refractivity contribution in [3.63, 3.8) is 0 Å². The number of rotatable bonds is 4. The van der Waals surface area contributed by atoms with Crippen molar-refractivity contribution in [1.29, 1.82) is 0 Å². The van der Waals surface area contributed by atoms with Crippen LogP contribution in [0.1, 0.15) is 5.01 Å². The van der Waals surface area contributed by atoms with E-state index in [2.05, 4.69) is 20.5 Å². The number of nitro groups is 1. The van der Waals surface area contributed by atoms with E-state index in [4.69, 9.17) is 0 Å². The van der Waals surface area contributed by atoms with E-state index in [1.165, 1.54) is 23.5 Å². The fourth-order valence-corrected chi connectivity index (χ4v) is 2.31. The second-order valence-corrected chi connectivity index (χ2v) is 4.82. The molecule has 3 rings (SSSR count). The van der Waals surface area contributed by atoms with Gasteiger partial charge in [0.15, 0.2) is 5.82 Å². The zero-order valence-electron chi connectivity index (χ0n) is 9.66. The average Bonchev–Trinajstić information content (AvgIpc) is 3.05. The van der Waals surface area contributed by atoms with Gasteiger partial charge in [-0.25, -0.2) is 4.98 Å². The lowest BCUT2D eigenvalue weighted by Gasteiger charge is -2.00. The van der Waals surface area contributed by atoms with Crippen LogP contribution in [0.4, 0.5) is 11.5 Å². The van der Waals surface area contributed by atoms with Crippen LogP contribution in [0.3, 0.4) is 0 Å². The van der Waals surface area contributed by atoms with Crippen molar-refractivity contribution in [1.82, 2.24) is 15.2 Å². The monoisotopic (exact) mass is 275 g/mol. The van der Waals surface area contributed by atoms with E-state index in [0.717, 1.165) is 10.5 Å². The molecule has 0 aliphatic heterocycles. The van der Waals surface area contributed by atoms with Crippen molar-refractivity contribution in [2.75, 3.05) is 5.32 Å². The molecule has 19 heavy (non-hydrogen) atoms. The average molecular weight is 275 g/mol. The Balaban J connectivity index is 1.90. The molecule has 8 heteroatoms. The van der Waals surface area contributed by atoms with Gasteiger partial charge in [-0.1, -0.05) is 0 Å². The third-order valence-electron chi connectivity index (χ3n) is 2.65. The molecule has 1 aromatic carbocycles. The topological polar surface area (TPSA) is 96.7 Å². The molecule has 2 N–H and O–H groups in total. The second kappa shape index (κ2) is 4.65. The number of benzene rings is 1. The molecule has 0 saturated carbocycles. The van der Waals surface area contributed by atoms with Crippen LogP contribution in [0.5, 0.6) is 0 Å². The summed E-state index contributed by atoms with van der Waals surface area (Å²) in [5, 5.41) is 24.4. The molecule has 0 unspecified atom stereocenters. The molecule has 7 nitrogen and oxygen atoms in total. The molecule has 0 aliphatic rings. The molecule has 0 radical (unpaired) electrons. The van der Waals surface area contributed by atoms with Crippen molar-refractivity contribution in [3.05, 3.63) is 44.9 Å². The number of anilines is 1. The van der Waals surface area contributed by atoms with Gasteiger partial charge in [0.2, 0.25) is 0 Å². The zero-order chi connectivity index (χ0) is 13.2. The Morgan fingerprint density at radius 3 is 3.11 bits per heavy atom. The summed E-state index contributed by atoms with van der Waals surface area (Å²) < 4.78 is 0. The van der Waals surface area contributed by atoms with E-state index >= 15 is 0 Å². The lowest BCUT2D eigenvalue weighted by Crippen LogP contribution is -1.99. The van der Waals surface area contributed by atoms with E-state index in [1.807, 2.05) is 5.38 Å². The number of nitro benzene ring substituents is 1. The summed E-state index contributed by atoms with van der Waals surface area (Å²) in [6, 6.07) is 4.60. The third-order valence-corrected chi connectivity index (χ3v) is 3.43. The highest BCUT2D eigenvalue weighted by atomic mass is 32.1.